The molecule has 2 N–H and O–H groups in total. The molecule has 1 atom stereocenters. The van der Waals surface area contributed by atoms with Crippen molar-refractivity contribution in [2.75, 3.05) is 19.6 Å². The lowest BCUT2D eigenvalue weighted by Gasteiger charge is -2.24. The molecular weight excluding hydrogens is 200 g/mol. The van der Waals surface area contributed by atoms with E-state index >= 15 is 0 Å². The molecule has 3 heteroatoms. The third-order valence-corrected chi connectivity index (χ3v) is 3.15. The van der Waals surface area contributed by atoms with Gasteiger partial charge in [0.05, 0.1) is 6.26 Å². The van der Waals surface area contributed by atoms with Crippen LogP contribution in [0.4, 0.5) is 0 Å². The average molecular weight is 216 g/mol. The van der Waals surface area contributed by atoms with Gasteiger partial charge in [0.15, 0.2) is 0 Å². The van der Waals surface area contributed by atoms with Crippen LogP contribution in [0.25, 0.3) is 11.0 Å². The van der Waals surface area contributed by atoms with E-state index in [-0.39, 0.29) is 0 Å². The molecule has 1 aliphatic rings. The van der Waals surface area contributed by atoms with Gasteiger partial charge >= 0.3 is 0 Å². The van der Waals surface area contributed by atoms with E-state index < -0.39 is 0 Å². The number of benzene rings is 1. The predicted octanol–water partition coefficient (Wildman–Crippen LogP) is 1.54. The van der Waals surface area contributed by atoms with Crippen molar-refractivity contribution < 1.29 is 4.42 Å². The molecule has 16 heavy (non-hydrogen) atoms. The van der Waals surface area contributed by atoms with Gasteiger partial charge in [0.25, 0.3) is 0 Å². The van der Waals surface area contributed by atoms with Crippen molar-refractivity contribution in [3.63, 3.8) is 0 Å². The van der Waals surface area contributed by atoms with Crippen LogP contribution in [0.2, 0.25) is 0 Å². The normalized spacial score (nSPS) is 21.4. The van der Waals surface area contributed by atoms with E-state index in [1.807, 2.05) is 6.07 Å². The molecule has 1 unspecified atom stereocenters. The van der Waals surface area contributed by atoms with E-state index in [1.54, 1.807) is 6.26 Å². The maximum absolute atomic E-state index is 5.54. The zero-order chi connectivity index (χ0) is 10.8. The standard InChI is InChI=1S/C13H16N2O/c1-2-10-4-7-16-13(10)11(3-1)8-12-9-14-5-6-15-12/h1-4,7,12,14-15H,5-6,8-9H2. The number of piperazine rings is 1. The van der Waals surface area contributed by atoms with E-state index in [2.05, 4.69) is 28.8 Å². The molecule has 0 spiro atoms. The first-order valence-corrected chi connectivity index (χ1v) is 5.83. The number of fused-ring (bicyclic) bond motifs is 1. The van der Waals surface area contributed by atoms with Gasteiger partial charge in [-0.25, -0.2) is 0 Å². The second-order valence-electron chi connectivity index (χ2n) is 4.32. The number of furan rings is 1. The lowest BCUT2D eigenvalue weighted by Crippen LogP contribution is -2.49. The van der Waals surface area contributed by atoms with E-state index in [4.69, 9.17) is 4.42 Å². The molecule has 3 rings (SSSR count). The fourth-order valence-corrected chi connectivity index (χ4v) is 2.34. The fraction of sp³-hybridized carbons (Fsp3) is 0.385. The first-order chi connectivity index (χ1) is 7.93. The minimum absolute atomic E-state index is 0.518. The number of hydrogen-bond acceptors (Lipinski definition) is 3. The Morgan fingerprint density at radius 3 is 3.12 bits per heavy atom. The Morgan fingerprint density at radius 2 is 2.25 bits per heavy atom. The summed E-state index contributed by atoms with van der Waals surface area (Å²) in [7, 11) is 0. The Bertz CT molecular complexity index is 471. The summed E-state index contributed by atoms with van der Waals surface area (Å²) in [4.78, 5) is 0. The van der Waals surface area contributed by atoms with Gasteiger partial charge < -0.3 is 15.1 Å². The molecule has 2 aromatic rings. The highest BCUT2D eigenvalue weighted by molar-refractivity contribution is 5.80. The average Bonchev–Trinajstić information content (AvgIpc) is 2.80. The van der Waals surface area contributed by atoms with E-state index in [1.165, 1.54) is 10.9 Å². The summed E-state index contributed by atoms with van der Waals surface area (Å²) in [6, 6.07) is 8.88. The van der Waals surface area contributed by atoms with Crippen molar-refractivity contribution in [2.24, 2.45) is 0 Å². The monoisotopic (exact) mass is 216 g/mol. The Labute approximate surface area is 94.8 Å². The third kappa shape index (κ3) is 1.84. The molecule has 1 aromatic carbocycles. The van der Waals surface area contributed by atoms with Gasteiger partial charge in [-0.05, 0) is 18.1 Å². The molecule has 0 amide bonds. The van der Waals surface area contributed by atoms with E-state index in [9.17, 15) is 0 Å². The van der Waals surface area contributed by atoms with Gasteiger partial charge in [-0.15, -0.1) is 0 Å². The van der Waals surface area contributed by atoms with Gasteiger partial charge in [-0.1, -0.05) is 18.2 Å². The van der Waals surface area contributed by atoms with Crippen LogP contribution in [0, 0.1) is 0 Å². The molecule has 0 radical (unpaired) electrons. The number of hydrogen-bond donors (Lipinski definition) is 2. The number of para-hydroxylation sites is 1. The van der Waals surface area contributed by atoms with Gasteiger partial charge in [0, 0.05) is 31.1 Å². The van der Waals surface area contributed by atoms with Crippen molar-refractivity contribution in [1.82, 2.24) is 10.6 Å². The fourth-order valence-electron chi connectivity index (χ4n) is 2.34. The van der Waals surface area contributed by atoms with Crippen molar-refractivity contribution in [3.05, 3.63) is 36.1 Å². The highest BCUT2D eigenvalue weighted by Crippen LogP contribution is 2.21. The minimum Gasteiger partial charge on any atom is -0.464 e. The Hall–Kier alpha value is -1.32. The van der Waals surface area contributed by atoms with Crippen LogP contribution in [0.3, 0.4) is 0 Å². The van der Waals surface area contributed by atoms with Gasteiger partial charge in [-0.2, -0.15) is 0 Å². The van der Waals surface area contributed by atoms with Crippen molar-refractivity contribution >= 4 is 11.0 Å². The molecule has 0 bridgehead atoms. The molecule has 1 aliphatic heterocycles. The minimum atomic E-state index is 0.518. The number of rotatable bonds is 2. The zero-order valence-electron chi connectivity index (χ0n) is 9.20. The summed E-state index contributed by atoms with van der Waals surface area (Å²) in [5, 5.41) is 8.12. The van der Waals surface area contributed by atoms with Crippen molar-refractivity contribution in [1.29, 1.82) is 0 Å². The van der Waals surface area contributed by atoms with Crippen LogP contribution in [0.15, 0.2) is 34.9 Å². The molecular formula is C13H16N2O. The zero-order valence-corrected chi connectivity index (χ0v) is 9.20. The smallest absolute Gasteiger partial charge is 0.137 e. The SMILES string of the molecule is c1cc(CC2CNCCN2)c2occc2c1. The van der Waals surface area contributed by atoms with Crippen LogP contribution in [0.1, 0.15) is 5.56 Å². The van der Waals surface area contributed by atoms with Gasteiger partial charge in [-0.3, -0.25) is 0 Å². The summed E-state index contributed by atoms with van der Waals surface area (Å²) in [6.07, 6.45) is 2.79. The summed E-state index contributed by atoms with van der Waals surface area (Å²) in [6.45, 7) is 3.16. The summed E-state index contributed by atoms with van der Waals surface area (Å²) < 4.78 is 5.54. The first kappa shape index (κ1) is 9.87. The topological polar surface area (TPSA) is 37.2 Å². The van der Waals surface area contributed by atoms with Gasteiger partial charge in [0.1, 0.15) is 5.58 Å². The molecule has 0 saturated carbocycles. The summed E-state index contributed by atoms with van der Waals surface area (Å²) in [5.41, 5.74) is 2.33. The Kier molecular flexibility index (Phi) is 2.64. The van der Waals surface area contributed by atoms with Crippen molar-refractivity contribution in [3.8, 4) is 0 Å². The highest BCUT2D eigenvalue weighted by Gasteiger charge is 2.14. The van der Waals surface area contributed by atoms with Crippen LogP contribution in [-0.2, 0) is 6.42 Å². The summed E-state index contributed by atoms with van der Waals surface area (Å²) in [5.74, 6) is 0. The first-order valence-electron chi connectivity index (χ1n) is 5.83. The number of nitrogens with one attached hydrogen (secondary N) is 2. The molecule has 2 heterocycles. The molecule has 1 fully saturated rings. The second kappa shape index (κ2) is 4.28. The maximum Gasteiger partial charge on any atom is 0.137 e. The van der Waals surface area contributed by atoms with Crippen LogP contribution in [-0.4, -0.2) is 25.7 Å². The van der Waals surface area contributed by atoms with Crippen LogP contribution >= 0.6 is 0 Å². The molecule has 1 saturated heterocycles. The molecule has 3 nitrogen and oxygen atoms in total. The van der Waals surface area contributed by atoms with E-state index in [0.717, 1.165) is 31.6 Å². The van der Waals surface area contributed by atoms with Crippen LogP contribution in [0.5, 0.6) is 0 Å². The molecule has 0 aliphatic carbocycles. The third-order valence-electron chi connectivity index (χ3n) is 3.15. The van der Waals surface area contributed by atoms with Crippen LogP contribution < -0.4 is 10.6 Å². The Balaban J connectivity index is 1.85. The quantitative estimate of drug-likeness (QED) is 0.799. The van der Waals surface area contributed by atoms with Gasteiger partial charge in [0.2, 0.25) is 0 Å². The summed E-state index contributed by atoms with van der Waals surface area (Å²) >= 11 is 0. The Morgan fingerprint density at radius 1 is 1.25 bits per heavy atom. The lowest BCUT2D eigenvalue weighted by molar-refractivity contribution is 0.416. The lowest BCUT2D eigenvalue weighted by atomic mass is 10.0. The predicted molar refractivity (Wildman–Crippen MR) is 64.6 cm³/mol. The highest BCUT2D eigenvalue weighted by atomic mass is 16.3. The maximum atomic E-state index is 5.54. The second-order valence-corrected chi connectivity index (χ2v) is 4.32. The van der Waals surface area contributed by atoms with Crippen molar-refractivity contribution in [2.45, 2.75) is 12.5 Å². The van der Waals surface area contributed by atoms with E-state index in [0.29, 0.717) is 6.04 Å². The molecule has 1 aromatic heterocycles. The molecule has 84 valence electrons. The largest absolute Gasteiger partial charge is 0.464 e.